The summed E-state index contributed by atoms with van der Waals surface area (Å²) in [6, 6.07) is 16.9. The summed E-state index contributed by atoms with van der Waals surface area (Å²) in [4.78, 5) is 15.4. The molecule has 3 aromatic rings. The zero-order valence-electron chi connectivity index (χ0n) is 11.3. The van der Waals surface area contributed by atoms with Crippen molar-refractivity contribution < 1.29 is 9.90 Å². The molecule has 0 aliphatic heterocycles. The molecule has 0 saturated carbocycles. The van der Waals surface area contributed by atoms with Crippen molar-refractivity contribution in [1.82, 2.24) is 9.55 Å². The van der Waals surface area contributed by atoms with Gasteiger partial charge in [-0.15, -0.1) is 0 Å². The third kappa shape index (κ3) is 2.84. The lowest BCUT2D eigenvalue weighted by Gasteiger charge is -2.08. The number of aromatic carboxylic acids is 1. The van der Waals surface area contributed by atoms with Gasteiger partial charge >= 0.3 is 5.97 Å². The van der Waals surface area contributed by atoms with Gasteiger partial charge in [0.15, 0.2) is 0 Å². The van der Waals surface area contributed by atoms with Crippen molar-refractivity contribution in [3.05, 3.63) is 78.1 Å². The predicted octanol–water partition coefficient (Wildman–Crippen LogP) is 3.30. The quantitative estimate of drug-likeness (QED) is 0.796. The Morgan fingerprint density at radius 2 is 1.90 bits per heavy atom. The third-order valence-electron chi connectivity index (χ3n) is 3.27. The maximum absolute atomic E-state index is 11.0. The molecule has 21 heavy (non-hydrogen) atoms. The van der Waals surface area contributed by atoms with Crippen molar-refractivity contribution in [2.75, 3.05) is 0 Å². The number of nitrogens with zero attached hydrogens (tertiary/aromatic N) is 2. The van der Waals surface area contributed by atoms with Crippen molar-refractivity contribution in [3.8, 4) is 11.4 Å². The van der Waals surface area contributed by atoms with Crippen molar-refractivity contribution in [2.45, 2.75) is 6.54 Å². The van der Waals surface area contributed by atoms with Crippen LogP contribution in [0.5, 0.6) is 0 Å². The molecule has 0 radical (unpaired) electrons. The van der Waals surface area contributed by atoms with Gasteiger partial charge in [-0.25, -0.2) is 9.78 Å². The number of hydrogen-bond donors (Lipinski definition) is 1. The first-order valence-corrected chi connectivity index (χ1v) is 6.63. The van der Waals surface area contributed by atoms with E-state index in [9.17, 15) is 4.79 Å². The Morgan fingerprint density at radius 1 is 1.10 bits per heavy atom. The maximum Gasteiger partial charge on any atom is 0.335 e. The number of rotatable bonds is 4. The van der Waals surface area contributed by atoms with Gasteiger partial charge in [-0.3, -0.25) is 0 Å². The second kappa shape index (κ2) is 5.63. The highest BCUT2D eigenvalue weighted by Crippen LogP contribution is 2.18. The van der Waals surface area contributed by atoms with E-state index in [2.05, 4.69) is 4.98 Å². The number of carboxylic acid groups (broad SMARTS) is 1. The van der Waals surface area contributed by atoms with Crippen LogP contribution in [-0.4, -0.2) is 20.6 Å². The highest BCUT2D eigenvalue weighted by atomic mass is 16.4. The topological polar surface area (TPSA) is 55.1 Å². The first-order valence-electron chi connectivity index (χ1n) is 6.63. The molecule has 1 aromatic heterocycles. The molecule has 0 unspecified atom stereocenters. The Hall–Kier alpha value is -2.88. The van der Waals surface area contributed by atoms with Crippen LogP contribution in [0.15, 0.2) is 67.0 Å². The fraction of sp³-hybridized carbons (Fsp3) is 0.0588. The number of carboxylic acids is 1. The average Bonchev–Trinajstić information content (AvgIpc) is 2.96. The van der Waals surface area contributed by atoms with Crippen LogP contribution in [0, 0.1) is 0 Å². The molecular weight excluding hydrogens is 264 g/mol. The van der Waals surface area contributed by atoms with E-state index in [1.807, 2.05) is 47.2 Å². The van der Waals surface area contributed by atoms with Crippen LogP contribution >= 0.6 is 0 Å². The van der Waals surface area contributed by atoms with Gasteiger partial charge in [-0.05, 0) is 17.7 Å². The van der Waals surface area contributed by atoms with Gasteiger partial charge < -0.3 is 9.67 Å². The Balaban J connectivity index is 1.92. The third-order valence-corrected chi connectivity index (χ3v) is 3.27. The van der Waals surface area contributed by atoms with Crippen molar-refractivity contribution in [2.24, 2.45) is 0 Å². The molecule has 3 rings (SSSR count). The molecule has 0 aliphatic carbocycles. The summed E-state index contributed by atoms with van der Waals surface area (Å²) in [5, 5.41) is 9.05. The summed E-state index contributed by atoms with van der Waals surface area (Å²) in [5.41, 5.74) is 2.27. The van der Waals surface area contributed by atoms with Gasteiger partial charge in [0.05, 0.1) is 5.56 Å². The summed E-state index contributed by atoms with van der Waals surface area (Å²) in [6.45, 7) is 0.589. The fourth-order valence-electron chi connectivity index (χ4n) is 2.28. The number of benzene rings is 2. The predicted molar refractivity (Wildman–Crippen MR) is 80.2 cm³/mol. The molecule has 1 N–H and O–H groups in total. The molecule has 4 nitrogen and oxygen atoms in total. The lowest BCUT2D eigenvalue weighted by Crippen LogP contribution is -2.03. The smallest absolute Gasteiger partial charge is 0.335 e. The summed E-state index contributed by atoms with van der Waals surface area (Å²) in [6.07, 6.45) is 3.65. The maximum atomic E-state index is 11.0. The standard InChI is InChI=1S/C17H14N2O2/c20-17(21)15-8-4-5-13(11-15)12-19-10-9-18-16(19)14-6-2-1-3-7-14/h1-11H,12H2,(H,20,21). The van der Waals surface area contributed by atoms with Crippen molar-refractivity contribution >= 4 is 5.97 Å². The second-order valence-electron chi connectivity index (χ2n) is 4.75. The molecule has 0 fully saturated rings. The molecule has 0 amide bonds. The highest BCUT2D eigenvalue weighted by Gasteiger charge is 2.07. The molecule has 1 heterocycles. The molecular formula is C17H14N2O2. The normalized spacial score (nSPS) is 10.5. The Morgan fingerprint density at radius 3 is 2.67 bits per heavy atom. The zero-order chi connectivity index (χ0) is 14.7. The van der Waals surface area contributed by atoms with Crippen LogP contribution in [0.25, 0.3) is 11.4 Å². The summed E-state index contributed by atoms with van der Waals surface area (Å²) in [7, 11) is 0. The van der Waals surface area contributed by atoms with E-state index in [0.717, 1.165) is 17.0 Å². The van der Waals surface area contributed by atoms with Gasteiger partial charge in [-0.2, -0.15) is 0 Å². The lowest BCUT2D eigenvalue weighted by atomic mass is 10.1. The first kappa shape index (κ1) is 13.1. The highest BCUT2D eigenvalue weighted by molar-refractivity contribution is 5.87. The number of imidazole rings is 1. The van der Waals surface area contributed by atoms with E-state index >= 15 is 0 Å². The van der Waals surface area contributed by atoms with E-state index in [1.165, 1.54) is 0 Å². The minimum Gasteiger partial charge on any atom is -0.478 e. The van der Waals surface area contributed by atoms with Crippen LogP contribution in [0.3, 0.4) is 0 Å². The van der Waals surface area contributed by atoms with Gasteiger partial charge in [0.2, 0.25) is 0 Å². The van der Waals surface area contributed by atoms with Gasteiger partial charge in [0, 0.05) is 24.5 Å². The fourth-order valence-corrected chi connectivity index (χ4v) is 2.28. The van der Waals surface area contributed by atoms with Gasteiger partial charge in [0.25, 0.3) is 0 Å². The number of aromatic nitrogens is 2. The van der Waals surface area contributed by atoms with Gasteiger partial charge in [0.1, 0.15) is 5.82 Å². The molecule has 0 aliphatic rings. The molecule has 2 aromatic carbocycles. The van der Waals surface area contributed by atoms with E-state index in [-0.39, 0.29) is 0 Å². The summed E-state index contributed by atoms with van der Waals surface area (Å²) < 4.78 is 2.01. The lowest BCUT2D eigenvalue weighted by molar-refractivity contribution is 0.0696. The van der Waals surface area contributed by atoms with Crippen LogP contribution in [-0.2, 0) is 6.54 Å². The zero-order valence-corrected chi connectivity index (χ0v) is 11.3. The Bertz CT molecular complexity index is 763. The SMILES string of the molecule is O=C(O)c1cccc(Cn2ccnc2-c2ccccc2)c1. The van der Waals surface area contributed by atoms with E-state index in [0.29, 0.717) is 12.1 Å². The van der Waals surface area contributed by atoms with E-state index in [4.69, 9.17) is 5.11 Å². The van der Waals surface area contributed by atoms with E-state index in [1.54, 1.807) is 24.4 Å². The molecule has 4 heteroatoms. The monoisotopic (exact) mass is 278 g/mol. The number of hydrogen-bond acceptors (Lipinski definition) is 2. The molecule has 104 valence electrons. The molecule has 0 spiro atoms. The van der Waals surface area contributed by atoms with Crippen molar-refractivity contribution in [1.29, 1.82) is 0 Å². The second-order valence-corrected chi connectivity index (χ2v) is 4.75. The Kier molecular flexibility index (Phi) is 3.51. The van der Waals surface area contributed by atoms with Crippen LogP contribution in [0.2, 0.25) is 0 Å². The average molecular weight is 278 g/mol. The molecule has 0 bridgehead atoms. The first-order chi connectivity index (χ1) is 10.2. The minimum absolute atomic E-state index is 0.300. The van der Waals surface area contributed by atoms with E-state index < -0.39 is 5.97 Å². The Labute approximate surface area is 122 Å². The van der Waals surface area contributed by atoms with Crippen molar-refractivity contribution in [3.63, 3.8) is 0 Å². The minimum atomic E-state index is -0.911. The summed E-state index contributed by atoms with van der Waals surface area (Å²) >= 11 is 0. The van der Waals surface area contributed by atoms with Crippen LogP contribution < -0.4 is 0 Å². The molecule has 0 atom stereocenters. The van der Waals surface area contributed by atoms with Crippen LogP contribution in [0.4, 0.5) is 0 Å². The number of carbonyl (C=O) groups is 1. The molecule has 0 saturated heterocycles. The summed E-state index contributed by atoms with van der Waals surface area (Å²) in [5.74, 6) is -0.0397. The largest absolute Gasteiger partial charge is 0.478 e. The van der Waals surface area contributed by atoms with Gasteiger partial charge in [-0.1, -0.05) is 42.5 Å². The van der Waals surface area contributed by atoms with Crippen LogP contribution in [0.1, 0.15) is 15.9 Å².